The Bertz CT molecular complexity index is 1440. The summed E-state index contributed by atoms with van der Waals surface area (Å²) in [5.41, 5.74) is 7.00. The second-order valence-corrected chi connectivity index (χ2v) is 9.19. The number of hydrogen-bond acceptors (Lipinski definition) is 8. The zero-order valence-corrected chi connectivity index (χ0v) is 19.6. The van der Waals surface area contributed by atoms with Gasteiger partial charge in [0.2, 0.25) is 5.13 Å². The van der Waals surface area contributed by atoms with Gasteiger partial charge in [-0.3, -0.25) is 10.2 Å². The number of hydrogen-bond donors (Lipinski definition) is 1. The molecule has 0 unspecified atom stereocenters. The lowest BCUT2D eigenvalue weighted by Crippen LogP contribution is -2.03. The van der Waals surface area contributed by atoms with Crippen LogP contribution in [-0.4, -0.2) is 32.7 Å². The maximum atomic E-state index is 12.6. The topological polar surface area (TPSA) is 80.1 Å². The summed E-state index contributed by atoms with van der Waals surface area (Å²) in [4.78, 5) is 26.6. The summed E-state index contributed by atoms with van der Waals surface area (Å²) in [5, 5.41) is 5.44. The van der Waals surface area contributed by atoms with Crippen molar-refractivity contribution in [2.45, 2.75) is 5.16 Å². The number of benzene rings is 3. The number of nitrogens with one attached hydrogen (secondary N) is 1. The molecule has 0 radical (unpaired) electrons. The molecule has 3 aromatic carbocycles. The summed E-state index contributed by atoms with van der Waals surface area (Å²) < 4.78 is 0.863. The average Bonchev–Trinajstić information content (AvgIpc) is 3.31. The number of nitrogens with zero attached hydrogens (tertiary/aromatic N) is 4. The van der Waals surface area contributed by atoms with Crippen LogP contribution in [-0.2, 0) is 0 Å². The fourth-order valence-corrected chi connectivity index (χ4v) is 4.85. The monoisotopic (exact) mass is 481 g/mol. The summed E-state index contributed by atoms with van der Waals surface area (Å²) >= 11 is 2.76. The Morgan fingerprint density at radius 1 is 0.882 bits per heavy atom. The Hall–Kier alpha value is -3.88. The van der Waals surface area contributed by atoms with E-state index in [0.29, 0.717) is 21.5 Å². The minimum atomic E-state index is 0.0337. The minimum Gasteiger partial charge on any atom is -0.293 e. The number of carbonyl (C=O) groups is 1. The number of thiazole rings is 1. The van der Waals surface area contributed by atoms with Gasteiger partial charge in [0.15, 0.2) is 16.6 Å². The maximum Gasteiger partial charge on any atom is 0.206 e. The van der Waals surface area contributed by atoms with Gasteiger partial charge >= 0.3 is 0 Å². The molecule has 0 amide bonds. The Balaban J connectivity index is 1.43. The molecule has 2 aromatic heterocycles. The summed E-state index contributed by atoms with van der Waals surface area (Å²) in [6.07, 6.45) is 1.74. The van der Waals surface area contributed by atoms with Crippen molar-refractivity contribution in [3.8, 4) is 11.3 Å². The van der Waals surface area contributed by atoms with Crippen molar-refractivity contribution in [3.05, 3.63) is 102 Å². The van der Waals surface area contributed by atoms with Crippen LogP contribution in [0.4, 0.5) is 5.13 Å². The van der Waals surface area contributed by atoms with Gasteiger partial charge in [0.1, 0.15) is 4.70 Å². The van der Waals surface area contributed by atoms with E-state index in [1.165, 1.54) is 23.1 Å². The van der Waals surface area contributed by atoms with E-state index in [9.17, 15) is 4.79 Å². The Kier molecular flexibility index (Phi) is 6.69. The first-order valence-corrected chi connectivity index (χ1v) is 12.4. The van der Waals surface area contributed by atoms with Gasteiger partial charge in [0.05, 0.1) is 17.7 Å². The number of fused-ring (bicyclic) bond motifs is 1. The van der Waals surface area contributed by atoms with Gasteiger partial charge in [-0.2, -0.15) is 10.1 Å². The first-order chi connectivity index (χ1) is 16.8. The third-order valence-corrected chi connectivity index (χ3v) is 6.69. The molecule has 0 aliphatic heterocycles. The van der Waals surface area contributed by atoms with E-state index in [-0.39, 0.29) is 11.5 Å². The van der Waals surface area contributed by atoms with Crippen LogP contribution >= 0.6 is 23.1 Å². The molecular formula is C26H19N5OS2. The van der Waals surface area contributed by atoms with E-state index < -0.39 is 0 Å². The van der Waals surface area contributed by atoms with E-state index in [0.717, 1.165) is 21.5 Å². The zero-order valence-electron chi connectivity index (χ0n) is 18.0. The summed E-state index contributed by atoms with van der Waals surface area (Å²) in [7, 11) is 0. The van der Waals surface area contributed by atoms with Crippen molar-refractivity contribution in [3.63, 3.8) is 0 Å². The molecule has 8 heteroatoms. The first kappa shape index (κ1) is 21.9. The van der Waals surface area contributed by atoms with Crippen molar-refractivity contribution in [1.29, 1.82) is 0 Å². The molecule has 0 saturated carbocycles. The van der Waals surface area contributed by atoms with Crippen molar-refractivity contribution < 1.29 is 4.79 Å². The van der Waals surface area contributed by atoms with Crippen LogP contribution in [0.2, 0.25) is 0 Å². The summed E-state index contributed by atoms with van der Waals surface area (Å²) in [5.74, 6) is 0.284. The minimum absolute atomic E-state index is 0.0337. The van der Waals surface area contributed by atoms with Crippen LogP contribution in [0.3, 0.4) is 0 Å². The molecule has 166 valence electrons. The van der Waals surface area contributed by atoms with Gasteiger partial charge in [-0.1, -0.05) is 114 Å². The molecular weight excluding hydrogens is 462 g/mol. The molecule has 2 heterocycles. The molecule has 0 saturated heterocycles. The van der Waals surface area contributed by atoms with E-state index in [1.54, 1.807) is 6.21 Å². The van der Waals surface area contributed by atoms with Crippen molar-refractivity contribution >= 4 is 50.6 Å². The maximum absolute atomic E-state index is 12.6. The van der Waals surface area contributed by atoms with Crippen molar-refractivity contribution in [1.82, 2.24) is 15.0 Å². The predicted octanol–water partition coefficient (Wildman–Crippen LogP) is 6.17. The van der Waals surface area contributed by atoms with Crippen molar-refractivity contribution in [2.24, 2.45) is 5.10 Å². The second kappa shape index (κ2) is 10.4. The molecule has 34 heavy (non-hydrogen) atoms. The van der Waals surface area contributed by atoms with Gasteiger partial charge in [0, 0.05) is 11.1 Å². The van der Waals surface area contributed by atoms with E-state index in [1.807, 2.05) is 91.0 Å². The van der Waals surface area contributed by atoms with E-state index in [4.69, 9.17) is 4.98 Å². The zero-order chi connectivity index (χ0) is 23.2. The highest BCUT2D eigenvalue weighted by molar-refractivity contribution is 7.99. The van der Waals surface area contributed by atoms with Gasteiger partial charge in [-0.15, -0.1) is 0 Å². The number of anilines is 1. The SMILES string of the molecule is O=C(CSc1nc(-c2ccccc2)c2sc(N/N=C\c3ccccc3)nc2n1)c1ccccc1. The molecule has 0 aliphatic rings. The van der Waals surface area contributed by atoms with Crippen LogP contribution < -0.4 is 5.43 Å². The van der Waals surface area contributed by atoms with Crippen LogP contribution in [0.5, 0.6) is 0 Å². The van der Waals surface area contributed by atoms with Crippen LogP contribution in [0.25, 0.3) is 21.6 Å². The van der Waals surface area contributed by atoms with E-state index >= 15 is 0 Å². The number of carbonyl (C=O) groups excluding carboxylic acids is 1. The lowest BCUT2D eigenvalue weighted by atomic mass is 10.1. The summed E-state index contributed by atoms with van der Waals surface area (Å²) in [6.45, 7) is 0. The lowest BCUT2D eigenvalue weighted by molar-refractivity contribution is 0.102. The lowest BCUT2D eigenvalue weighted by Gasteiger charge is -2.05. The quantitative estimate of drug-likeness (QED) is 0.0938. The molecule has 5 aromatic rings. The third-order valence-electron chi connectivity index (χ3n) is 4.88. The highest BCUT2D eigenvalue weighted by Crippen LogP contribution is 2.34. The molecule has 0 aliphatic carbocycles. The van der Waals surface area contributed by atoms with Crippen LogP contribution in [0, 0.1) is 0 Å². The largest absolute Gasteiger partial charge is 0.293 e. The van der Waals surface area contributed by atoms with Crippen LogP contribution in [0.15, 0.2) is 101 Å². The predicted molar refractivity (Wildman–Crippen MR) is 140 cm³/mol. The molecule has 0 fully saturated rings. The summed E-state index contributed by atoms with van der Waals surface area (Å²) in [6, 6.07) is 29.0. The fraction of sp³-hybridized carbons (Fsp3) is 0.0385. The average molecular weight is 482 g/mol. The van der Waals surface area contributed by atoms with Crippen LogP contribution in [0.1, 0.15) is 15.9 Å². The van der Waals surface area contributed by atoms with E-state index in [2.05, 4.69) is 20.5 Å². The molecule has 5 rings (SSSR count). The number of rotatable bonds is 8. The second-order valence-electron chi connectivity index (χ2n) is 7.25. The standard InChI is InChI=1S/C26H19N5OS2/c32-21(19-12-6-2-7-13-19)17-33-25-28-22(20-14-8-3-9-15-20)23-24(29-25)30-26(34-23)31-27-16-18-10-4-1-5-11-18/h1-16H,17H2,(H,28,29,30,31)/b27-16-. The smallest absolute Gasteiger partial charge is 0.206 e. The highest BCUT2D eigenvalue weighted by Gasteiger charge is 2.16. The Morgan fingerprint density at radius 2 is 1.56 bits per heavy atom. The molecule has 0 atom stereocenters. The van der Waals surface area contributed by atoms with Crippen molar-refractivity contribution in [2.75, 3.05) is 11.2 Å². The van der Waals surface area contributed by atoms with Gasteiger partial charge in [-0.05, 0) is 5.56 Å². The highest BCUT2D eigenvalue weighted by atomic mass is 32.2. The van der Waals surface area contributed by atoms with Gasteiger partial charge in [0.25, 0.3) is 0 Å². The molecule has 6 nitrogen and oxygen atoms in total. The van der Waals surface area contributed by atoms with Gasteiger partial charge in [-0.25, -0.2) is 9.97 Å². The molecule has 0 bridgehead atoms. The Morgan fingerprint density at radius 3 is 2.29 bits per heavy atom. The number of thioether (sulfide) groups is 1. The number of aromatic nitrogens is 3. The number of hydrazone groups is 1. The Labute approximate surface area is 204 Å². The van der Waals surface area contributed by atoms with Gasteiger partial charge < -0.3 is 0 Å². The molecule has 1 N–H and O–H groups in total. The molecule has 0 spiro atoms. The third kappa shape index (κ3) is 5.19. The number of Topliss-reactive ketones (excluding diaryl/α,β-unsaturated/α-hetero) is 1. The first-order valence-electron chi connectivity index (χ1n) is 10.6. The fourth-order valence-electron chi connectivity index (χ4n) is 3.25. The normalized spacial score (nSPS) is 11.2. The number of ketones is 1.